The van der Waals surface area contributed by atoms with Crippen LogP contribution in [0.5, 0.6) is 0 Å². The highest BCUT2D eigenvalue weighted by Crippen LogP contribution is 2.47. The molecule has 0 bridgehead atoms. The molecule has 2 rings (SSSR count). The van der Waals surface area contributed by atoms with E-state index in [1.165, 1.54) is 0 Å². The average Bonchev–Trinajstić information content (AvgIpc) is 2.83. The molecule has 2 aliphatic heterocycles. The Bertz CT molecular complexity index is 428. The average molecular weight is 286 g/mol. The molecular weight excluding hydrogens is 268 g/mol. The zero-order chi connectivity index (χ0) is 14.2. The van der Waals surface area contributed by atoms with Crippen LogP contribution in [0.15, 0.2) is 0 Å². The summed E-state index contributed by atoms with van der Waals surface area (Å²) in [6.07, 6.45) is 1.53. The Morgan fingerprint density at radius 3 is 2.89 bits per heavy atom. The van der Waals surface area contributed by atoms with Crippen molar-refractivity contribution in [2.45, 2.75) is 50.1 Å². The molecule has 0 saturated carbocycles. The number of thioether (sulfide) groups is 1. The first-order valence-corrected chi connectivity index (χ1v) is 7.37. The van der Waals surface area contributed by atoms with Crippen molar-refractivity contribution in [1.29, 1.82) is 0 Å². The maximum Gasteiger partial charge on any atom is 0.326 e. The number of aliphatic carboxylic acids is 1. The van der Waals surface area contributed by atoms with E-state index in [-0.39, 0.29) is 16.7 Å². The Kier molecular flexibility index (Phi) is 3.75. The lowest BCUT2D eigenvalue weighted by atomic mass is 10.2. The molecule has 3 unspecified atom stereocenters. The van der Waals surface area contributed by atoms with Crippen molar-refractivity contribution in [3.63, 3.8) is 0 Å². The van der Waals surface area contributed by atoms with Gasteiger partial charge in [-0.1, -0.05) is 6.92 Å². The summed E-state index contributed by atoms with van der Waals surface area (Å²) in [5.41, 5.74) is 0. The molecule has 2 aliphatic rings. The van der Waals surface area contributed by atoms with Crippen molar-refractivity contribution in [1.82, 2.24) is 10.2 Å². The quantitative estimate of drug-likeness (QED) is 0.782. The van der Waals surface area contributed by atoms with Gasteiger partial charge in [0.1, 0.15) is 12.1 Å². The first-order chi connectivity index (χ1) is 8.89. The van der Waals surface area contributed by atoms with Crippen LogP contribution in [-0.4, -0.2) is 50.5 Å². The molecule has 3 atom stereocenters. The standard InChI is InChI=1S/C12H18N2O4S/c1-3-7(11(17)18)13-10(16)8-6-19-12(2)5-4-9(15)14(8)12/h7-8H,3-6H2,1-2H3,(H,13,16)(H,17,18). The van der Waals surface area contributed by atoms with Gasteiger partial charge in [0.2, 0.25) is 11.8 Å². The fourth-order valence-electron chi connectivity index (χ4n) is 2.62. The van der Waals surface area contributed by atoms with Gasteiger partial charge < -0.3 is 15.3 Å². The van der Waals surface area contributed by atoms with Crippen LogP contribution in [0.3, 0.4) is 0 Å². The predicted octanol–water partition coefficient (Wildman–Crippen LogP) is 0.420. The van der Waals surface area contributed by atoms with Crippen LogP contribution in [0.2, 0.25) is 0 Å². The lowest BCUT2D eigenvalue weighted by molar-refractivity contribution is -0.143. The first-order valence-electron chi connectivity index (χ1n) is 6.38. The monoisotopic (exact) mass is 286 g/mol. The molecule has 2 fully saturated rings. The number of amides is 2. The minimum atomic E-state index is -1.04. The molecule has 0 aromatic carbocycles. The molecule has 0 aromatic heterocycles. The van der Waals surface area contributed by atoms with Crippen molar-refractivity contribution < 1.29 is 19.5 Å². The Balaban J connectivity index is 2.08. The van der Waals surface area contributed by atoms with Crippen LogP contribution >= 0.6 is 11.8 Å². The number of hydrogen-bond donors (Lipinski definition) is 2. The van der Waals surface area contributed by atoms with Crippen LogP contribution in [0.4, 0.5) is 0 Å². The maximum atomic E-state index is 12.2. The molecule has 0 spiro atoms. The number of nitrogens with zero attached hydrogens (tertiary/aromatic N) is 1. The molecule has 19 heavy (non-hydrogen) atoms. The van der Waals surface area contributed by atoms with Gasteiger partial charge in [0.25, 0.3) is 0 Å². The number of carbonyl (C=O) groups is 3. The number of carboxylic acids is 1. The third-order valence-corrected chi connectivity index (χ3v) is 5.28. The highest BCUT2D eigenvalue weighted by molar-refractivity contribution is 8.01. The van der Waals surface area contributed by atoms with Crippen molar-refractivity contribution >= 4 is 29.5 Å². The van der Waals surface area contributed by atoms with E-state index >= 15 is 0 Å². The van der Waals surface area contributed by atoms with Gasteiger partial charge in [-0.25, -0.2) is 4.79 Å². The van der Waals surface area contributed by atoms with Crippen LogP contribution < -0.4 is 5.32 Å². The second-order valence-electron chi connectivity index (χ2n) is 5.07. The maximum absolute atomic E-state index is 12.2. The zero-order valence-corrected chi connectivity index (χ0v) is 11.8. The van der Waals surface area contributed by atoms with E-state index in [1.807, 2.05) is 6.92 Å². The van der Waals surface area contributed by atoms with Gasteiger partial charge in [-0.15, -0.1) is 11.8 Å². The Hall–Kier alpha value is -1.24. The minimum Gasteiger partial charge on any atom is -0.480 e. The van der Waals surface area contributed by atoms with Crippen LogP contribution in [0.25, 0.3) is 0 Å². The minimum absolute atomic E-state index is 0.0176. The number of carboxylic acid groups (broad SMARTS) is 1. The van der Waals surface area contributed by atoms with E-state index in [0.717, 1.165) is 6.42 Å². The van der Waals surface area contributed by atoms with Gasteiger partial charge in [0.15, 0.2) is 0 Å². The summed E-state index contributed by atoms with van der Waals surface area (Å²) in [7, 11) is 0. The third-order valence-electron chi connectivity index (χ3n) is 3.77. The van der Waals surface area contributed by atoms with Crippen molar-refractivity contribution in [3.8, 4) is 0 Å². The molecule has 0 aromatic rings. The zero-order valence-electron chi connectivity index (χ0n) is 11.0. The third kappa shape index (κ3) is 2.43. The molecule has 2 saturated heterocycles. The number of hydrogen-bond acceptors (Lipinski definition) is 4. The molecule has 6 nitrogen and oxygen atoms in total. The first kappa shape index (κ1) is 14.2. The van der Waals surface area contributed by atoms with E-state index in [4.69, 9.17) is 5.11 Å². The lowest BCUT2D eigenvalue weighted by Crippen LogP contribution is -2.53. The molecule has 0 aliphatic carbocycles. The molecule has 2 heterocycles. The van der Waals surface area contributed by atoms with E-state index in [0.29, 0.717) is 18.6 Å². The summed E-state index contributed by atoms with van der Waals surface area (Å²) in [5.74, 6) is -0.891. The fraction of sp³-hybridized carbons (Fsp3) is 0.750. The van der Waals surface area contributed by atoms with E-state index in [2.05, 4.69) is 5.32 Å². The molecule has 7 heteroatoms. The van der Waals surface area contributed by atoms with Crippen LogP contribution in [-0.2, 0) is 14.4 Å². The smallest absolute Gasteiger partial charge is 0.326 e. The summed E-state index contributed by atoms with van der Waals surface area (Å²) in [6, 6.07) is -1.43. The van der Waals surface area contributed by atoms with Crippen LogP contribution in [0.1, 0.15) is 33.1 Å². The van der Waals surface area contributed by atoms with Crippen molar-refractivity contribution in [2.75, 3.05) is 5.75 Å². The van der Waals surface area contributed by atoms with Crippen molar-refractivity contribution in [2.24, 2.45) is 0 Å². The van der Waals surface area contributed by atoms with Gasteiger partial charge in [-0.3, -0.25) is 9.59 Å². The number of nitrogens with one attached hydrogen (secondary N) is 1. The number of rotatable bonds is 4. The van der Waals surface area contributed by atoms with E-state index in [9.17, 15) is 14.4 Å². The van der Waals surface area contributed by atoms with Gasteiger partial charge in [-0.2, -0.15) is 0 Å². The van der Waals surface area contributed by atoms with Gasteiger partial charge in [0, 0.05) is 12.2 Å². The largest absolute Gasteiger partial charge is 0.480 e. The summed E-state index contributed by atoms with van der Waals surface area (Å²) >= 11 is 1.60. The highest BCUT2D eigenvalue weighted by atomic mass is 32.2. The fourth-order valence-corrected chi connectivity index (χ4v) is 4.05. The van der Waals surface area contributed by atoms with E-state index < -0.39 is 18.1 Å². The summed E-state index contributed by atoms with van der Waals surface area (Å²) < 4.78 is 0. The second kappa shape index (κ2) is 5.03. The van der Waals surface area contributed by atoms with Crippen molar-refractivity contribution in [3.05, 3.63) is 0 Å². The molecule has 0 radical (unpaired) electrons. The Labute approximate surface area is 115 Å². The number of carbonyl (C=O) groups excluding carboxylic acids is 2. The molecule has 2 N–H and O–H groups in total. The summed E-state index contributed by atoms with van der Waals surface area (Å²) in [4.78, 5) is 36.3. The van der Waals surface area contributed by atoms with Gasteiger partial charge in [-0.05, 0) is 19.8 Å². The SMILES string of the molecule is CCC(NC(=O)C1CSC2(C)CCC(=O)N12)C(=O)O. The normalized spacial score (nSPS) is 31.2. The highest BCUT2D eigenvalue weighted by Gasteiger charge is 2.53. The molecule has 2 amide bonds. The summed E-state index contributed by atoms with van der Waals surface area (Å²) in [6.45, 7) is 3.66. The molecule has 106 valence electrons. The lowest BCUT2D eigenvalue weighted by Gasteiger charge is -2.30. The van der Waals surface area contributed by atoms with Gasteiger partial charge >= 0.3 is 5.97 Å². The second-order valence-corrected chi connectivity index (χ2v) is 6.57. The molecular formula is C12H18N2O4S. The Morgan fingerprint density at radius 1 is 1.63 bits per heavy atom. The summed E-state index contributed by atoms with van der Waals surface area (Å²) in [5, 5.41) is 11.5. The van der Waals surface area contributed by atoms with Gasteiger partial charge in [0.05, 0.1) is 4.87 Å². The van der Waals surface area contributed by atoms with Crippen LogP contribution in [0, 0.1) is 0 Å². The number of fused-ring (bicyclic) bond motifs is 1. The Morgan fingerprint density at radius 2 is 2.32 bits per heavy atom. The van der Waals surface area contributed by atoms with E-state index in [1.54, 1.807) is 23.6 Å². The predicted molar refractivity (Wildman–Crippen MR) is 70.6 cm³/mol. The topological polar surface area (TPSA) is 86.7 Å².